The summed E-state index contributed by atoms with van der Waals surface area (Å²) in [6.45, 7) is 6.25. The van der Waals surface area contributed by atoms with Crippen molar-refractivity contribution in [1.29, 1.82) is 0 Å². The molecule has 0 saturated heterocycles. The minimum absolute atomic E-state index is 0.0391. The van der Waals surface area contributed by atoms with Crippen LogP contribution in [0.4, 0.5) is 18.9 Å². The van der Waals surface area contributed by atoms with Crippen LogP contribution in [-0.4, -0.2) is 6.04 Å². The molecule has 4 heteroatoms. The molecule has 0 spiro atoms. The van der Waals surface area contributed by atoms with Crippen LogP contribution in [0.5, 0.6) is 0 Å². The van der Waals surface area contributed by atoms with Gasteiger partial charge in [-0.15, -0.1) is 0 Å². The van der Waals surface area contributed by atoms with Gasteiger partial charge in [0.1, 0.15) is 0 Å². The van der Waals surface area contributed by atoms with Gasteiger partial charge in [-0.3, -0.25) is 0 Å². The second-order valence-corrected chi connectivity index (χ2v) is 5.64. The highest BCUT2D eigenvalue weighted by Gasteiger charge is 2.34. The van der Waals surface area contributed by atoms with Crippen LogP contribution >= 0.6 is 0 Å². The van der Waals surface area contributed by atoms with E-state index in [4.69, 9.17) is 0 Å². The van der Waals surface area contributed by atoms with Crippen molar-refractivity contribution in [1.82, 2.24) is 0 Å². The smallest absolute Gasteiger partial charge is 0.381 e. The second kappa shape index (κ2) is 3.65. The van der Waals surface area contributed by atoms with Gasteiger partial charge in [-0.25, -0.2) is 0 Å². The van der Waals surface area contributed by atoms with Gasteiger partial charge >= 0.3 is 6.18 Å². The van der Waals surface area contributed by atoms with Gasteiger partial charge in [0.25, 0.3) is 0 Å². The van der Waals surface area contributed by atoms with Gasteiger partial charge in [0.15, 0.2) is 0 Å². The summed E-state index contributed by atoms with van der Waals surface area (Å²) in [7, 11) is 0. The number of alkyl halides is 3. The first-order valence-electron chi connectivity index (χ1n) is 5.64. The Morgan fingerprint density at radius 1 is 1.18 bits per heavy atom. The van der Waals surface area contributed by atoms with E-state index in [-0.39, 0.29) is 11.5 Å². The molecule has 94 valence electrons. The summed E-state index contributed by atoms with van der Waals surface area (Å²) in [6.07, 6.45) is -3.60. The summed E-state index contributed by atoms with van der Waals surface area (Å²) < 4.78 is 37.7. The summed E-state index contributed by atoms with van der Waals surface area (Å²) in [5.41, 5.74) is 1.07. The van der Waals surface area contributed by atoms with Crippen LogP contribution in [0.15, 0.2) is 18.2 Å². The number of hydrogen-bond donors (Lipinski definition) is 1. The molecule has 0 aromatic heterocycles. The predicted molar refractivity (Wildman–Crippen MR) is 62.0 cm³/mol. The Balaban J connectivity index is 2.29. The molecule has 1 nitrogen and oxygen atoms in total. The lowest BCUT2D eigenvalue weighted by Crippen LogP contribution is -2.31. The van der Waals surface area contributed by atoms with E-state index in [9.17, 15) is 13.2 Å². The van der Waals surface area contributed by atoms with Gasteiger partial charge in [0.05, 0.1) is 5.56 Å². The molecule has 1 aromatic rings. The summed E-state index contributed by atoms with van der Waals surface area (Å²) in [5.74, 6) is 0. The fourth-order valence-corrected chi connectivity index (χ4v) is 2.06. The third-order valence-corrected chi connectivity index (χ3v) is 3.23. The summed E-state index contributed by atoms with van der Waals surface area (Å²) in [6, 6.07) is 4.12. The summed E-state index contributed by atoms with van der Waals surface area (Å²) in [5, 5.41) is 3.29. The zero-order valence-corrected chi connectivity index (χ0v) is 10.2. The monoisotopic (exact) mass is 243 g/mol. The van der Waals surface area contributed by atoms with Crippen molar-refractivity contribution in [2.24, 2.45) is 5.41 Å². The minimum Gasteiger partial charge on any atom is -0.381 e. The molecule has 0 fully saturated rings. The van der Waals surface area contributed by atoms with Crippen molar-refractivity contribution >= 4 is 5.69 Å². The SMILES string of the molecule is CC(C)(C)C1Cc2cc(C(F)(F)F)ccc2N1. The molecule has 2 rings (SSSR count). The number of fused-ring (bicyclic) bond motifs is 1. The van der Waals surface area contributed by atoms with E-state index in [0.717, 1.165) is 17.3 Å². The molecule has 1 aromatic carbocycles. The molecule has 1 unspecified atom stereocenters. The molecule has 1 N–H and O–H groups in total. The van der Waals surface area contributed by atoms with Crippen LogP contribution in [0.25, 0.3) is 0 Å². The maximum absolute atomic E-state index is 12.6. The molecule has 17 heavy (non-hydrogen) atoms. The van der Waals surface area contributed by atoms with E-state index in [1.807, 2.05) is 0 Å². The van der Waals surface area contributed by atoms with Gasteiger partial charge in [0.2, 0.25) is 0 Å². The number of rotatable bonds is 0. The Kier molecular flexibility index (Phi) is 2.64. The number of nitrogens with one attached hydrogen (secondary N) is 1. The van der Waals surface area contributed by atoms with Gasteiger partial charge in [-0.2, -0.15) is 13.2 Å². The van der Waals surface area contributed by atoms with E-state index in [2.05, 4.69) is 26.1 Å². The van der Waals surface area contributed by atoms with Crippen molar-refractivity contribution < 1.29 is 13.2 Å². The quantitative estimate of drug-likeness (QED) is 0.723. The third kappa shape index (κ3) is 2.40. The van der Waals surface area contributed by atoms with Crippen molar-refractivity contribution in [3.63, 3.8) is 0 Å². The van der Waals surface area contributed by atoms with Crippen molar-refractivity contribution in [2.75, 3.05) is 5.32 Å². The highest BCUT2D eigenvalue weighted by atomic mass is 19.4. The minimum atomic E-state index is -4.26. The van der Waals surface area contributed by atoms with Crippen molar-refractivity contribution in [2.45, 2.75) is 39.4 Å². The standard InChI is InChI=1S/C13H16F3N/c1-12(2,3)11-7-8-6-9(13(14,15)16)4-5-10(8)17-11/h4-6,11,17H,7H2,1-3H3. The topological polar surface area (TPSA) is 12.0 Å². The van der Waals surface area contributed by atoms with E-state index < -0.39 is 11.7 Å². The highest BCUT2D eigenvalue weighted by Crippen LogP contribution is 2.38. The van der Waals surface area contributed by atoms with Gasteiger partial charge in [-0.05, 0) is 35.6 Å². The Labute approximate surface area is 99.0 Å². The number of anilines is 1. The fraction of sp³-hybridized carbons (Fsp3) is 0.538. The first-order valence-corrected chi connectivity index (χ1v) is 5.64. The fourth-order valence-electron chi connectivity index (χ4n) is 2.06. The molecular formula is C13H16F3N. The lowest BCUT2D eigenvalue weighted by Gasteiger charge is -2.27. The molecule has 0 bridgehead atoms. The van der Waals surface area contributed by atoms with Crippen LogP contribution in [0, 0.1) is 5.41 Å². The zero-order valence-electron chi connectivity index (χ0n) is 10.2. The maximum atomic E-state index is 12.6. The number of hydrogen-bond acceptors (Lipinski definition) is 1. The molecule has 0 saturated carbocycles. The Bertz CT molecular complexity index is 429. The zero-order chi connectivity index (χ0) is 12.8. The molecule has 1 aliphatic rings. The highest BCUT2D eigenvalue weighted by molar-refractivity contribution is 5.58. The molecule has 1 atom stereocenters. The molecule has 0 radical (unpaired) electrons. The first-order chi connectivity index (χ1) is 7.68. The van der Waals surface area contributed by atoms with Crippen molar-refractivity contribution in [3.05, 3.63) is 29.3 Å². The average molecular weight is 243 g/mol. The van der Waals surface area contributed by atoms with E-state index in [1.54, 1.807) is 0 Å². The van der Waals surface area contributed by atoms with E-state index in [1.165, 1.54) is 12.1 Å². The Hall–Kier alpha value is -1.19. The van der Waals surface area contributed by atoms with Crippen molar-refractivity contribution in [3.8, 4) is 0 Å². The van der Waals surface area contributed by atoms with Gasteiger partial charge in [0, 0.05) is 11.7 Å². The van der Waals surface area contributed by atoms with Crippen LogP contribution in [0.3, 0.4) is 0 Å². The largest absolute Gasteiger partial charge is 0.416 e. The van der Waals surface area contributed by atoms with Crippen LogP contribution in [0.2, 0.25) is 0 Å². The third-order valence-electron chi connectivity index (χ3n) is 3.23. The van der Waals surface area contributed by atoms with Crippen LogP contribution in [0.1, 0.15) is 31.9 Å². The number of benzene rings is 1. The molecule has 1 aliphatic heterocycles. The van der Waals surface area contributed by atoms with E-state index >= 15 is 0 Å². The molecule has 1 heterocycles. The van der Waals surface area contributed by atoms with E-state index in [0.29, 0.717) is 6.42 Å². The normalized spacial score (nSPS) is 20.0. The molecule has 0 amide bonds. The Morgan fingerprint density at radius 3 is 2.35 bits per heavy atom. The predicted octanol–water partition coefficient (Wildman–Crippen LogP) is 4.09. The van der Waals surface area contributed by atoms with Gasteiger partial charge in [-0.1, -0.05) is 20.8 Å². The average Bonchev–Trinajstić information content (AvgIpc) is 2.57. The summed E-state index contributed by atoms with van der Waals surface area (Å²) in [4.78, 5) is 0. The van der Waals surface area contributed by atoms with Gasteiger partial charge < -0.3 is 5.32 Å². The Morgan fingerprint density at radius 2 is 1.82 bits per heavy atom. The lowest BCUT2D eigenvalue weighted by atomic mass is 9.85. The second-order valence-electron chi connectivity index (χ2n) is 5.64. The van der Waals surface area contributed by atoms with Crippen LogP contribution in [-0.2, 0) is 12.6 Å². The molecule has 0 aliphatic carbocycles. The first kappa shape index (κ1) is 12.3. The summed E-state index contributed by atoms with van der Waals surface area (Å²) >= 11 is 0. The maximum Gasteiger partial charge on any atom is 0.416 e. The van der Waals surface area contributed by atoms with Crippen LogP contribution < -0.4 is 5.32 Å². The molecular weight excluding hydrogens is 227 g/mol. The lowest BCUT2D eigenvalue weighted by molar-refractivity contribution is -0.137. The number of halogens is 3.